The van der Waals surface area contributed by atoms with Crippen LogP contribution in [0.25, 0.3) is 0 Å². The van der Waals surface area contributed by atoms with Gasteiger partial charge in [0.05, 0.1) is 47.6 Å². The number of fused-ring (bicyclic) bond motifs is 2. The Hall–Kier alpha value is -3.60. The highest BCUT2D eigenvalue weighted by Gasteiger charge is 2.45. The molecule has 8 heteroatoms. The maximum atomic E-state index is 12.8. The molecule has 2 aliphatic carbocycles. The Labute approximate surface area is 186 Å². The number of aryl methyl sites for hydroxylation is 1. The molecule has 2 unspecified atom stereocenters. The lowest BCUT2D eigenvalue weighted by molar-refractivity contribution is 0.0936. The third-order valence-electron chi connectivity index (χ3n) is 7.14. The van der Waals surface area contributed by atoms with Crippen molar-refractivity contribution in [3.8, 4) is 6.07 Å². The molecular weight excluding hydrogens is 402 g/mol. The molecule has 2 aromatic heterocycles. The van der Waals surface area contributed by atoms with E-state index in [1.165, 1.54) is 12.1 Å². The average Bonchev–Trinajstić information content (AvgIpc) is 3.26. The number of hydrogen-bond donors (Lipinski definition) is 1. The van der Waals surface area contributed by atoms with Crippen molar-refractivity contribution in [3.05, 3.63) is 65.0 Å². The summed E-state index contributed by atoms with van der Waals surface area (Å²) >= 11 is 0. The van der Waals surface area contributed by atoms with Gasteiger partial charge in [-0.15, -0.1) is 0 Å². The van der Waals surface area contributed by atoms with Crippen molar-refractivity contribution in [3.63, 3.8) is 0 Å². The van der Waals surface area contributed by atoms with Crippen LogP contribution in [0.4, 0.5) is 5.69 Å². The minimum Gasteiger partial charge on any atom is -0.370 e. The van der Waals surface area contributed by atoms with E-state index in [-0.39, 0.29) is 11.9 Å². The molecule has 1 aliphatic heterocycles. The van der Waals surface area contributed by atoms with Gasteiger partial charge in [0.25, 0.3) is 5.91 Å². The number of carbonyl (C=O) groups is 1. The summed E-state index contributed by atoms with van der Waals surface area (Å²) in [6.45, 7) is 2.65. The van der Waals surface area contributed by atoms with Crippen LogP contribution in [0.5, 0.6) is 0 Å². The lowest BCUT2D eigenvalue weighted by Gasteiger charge is -2.21. The number of hydrogen-bond acceptors (Lipinski definition) is 5. The van der Waals surface area contributed by atoms with E-state index in [9.17, 15) is 10.1 Å². The van der Waals surface area contributed by atoms with Crippen molar-refractivity contribution in [1.82, 2.24) is 24.6 Å². The van der Waals surface area contributed by atoms with Crippen molar-refractivity contribution in [2.45, 2.75) is 31.8 Å². The van der Waals surface area contributed by atoms with Crippen LogP contribution in [-0.2, 0) is 20.0 Å². The van der Waals surface area contributed by atoms with Crippen LogP contribution in [0.15, 0.2) is 36.9 Å². The Morgan fingerprint density at radius 2 is 2.16 bits per heavy atom. The fourth-order valence-corrected chi connectivity index (χ4v) is 5.27. The first-order chi connectivity index (χ1) is 15.6. The van der Waals surface area contributed by atoms with Crippen LogP contribution in [0.2, 0.25) is 0 Å². The summed E-state index contributed by atoms with van der Waals surface area (Å²) in [5.41, 5.74) is 5.43. The first-order valence-corrected chi connectivity index (χ1v) is 11.2. The third kappa shape index (κ3) is 3.25. The molecule has 1 amide bonds. The highest BCUT2D eigenvalue weighted by atomic mass is 16.1. The van der Waals surface area contributed by atoms with Crippen LogP contribution >= 0.6 is 0 Å². The predicted molar refractivity (Wildman–Crippen MR) is 118 cm³/mol. The van der Waals surface area contributed by atoms with E-state index < -0.39 is 0 Å². The normalized spacial score (nSPS) is 23.0. The molecule has 1 N–H and O–H groups in total. The van der Waals surface area contributed by atoms with Gasteiger partial charge in [0, 0.05) is 32.0 Å². The molecule has 3 heterocycles. The second-order valence-electron chi connectivity index (χ2n) is 9.30. The molecule has 1 saturated heterocycles. The van der Waals surface area contributed by atoms with Crippen LogP contribution in [0.3, 0.4) is 0 Å². The zero-order valence-corrected chi connectivity index (χ0v) is 18.0. The Morgan fingerprint density at radius 1 is 1.31 bits per heavy atom. The number of piperidine rings is 1. The molecule has 32 heavy (non-hydrogen) atoms. The molecule has 2 fully saturated rings. The summed E-state index contributed by atoms with van der Waals surface area (Å²) in [6, 6.07) is 8.37. The highest BCUT2D eigenvalue weighted by molar-refractivity contribution is 5.94. The molecule has 6 rings (SSSR count). The van der Waals surface area contributed by atoms with E-state index in [0.717, 1.165) is 54.7 Å². The van der Waals surface area contributed by atoms with E-state index in [1.54, 1.807) is 23.4 Å². The highest BCUT2D eigenvalue weighted by Crippen LogP contribution is 2.46. The Morgan fingerprint density at radius 3 is 2.97 bits per heavy atom. The number of anilines is 1. The van der Waals surface area contributed by atoms with Gasteiger partial charge in [0.2, 0.25) is 0 Å². The van der Waals surface area contributed by atoms with Crippen molar-refractivity contribution >= 4 is 11.6 Å². The number of amides is 1. The van der Waals surface area contributed by atoms with Gasteiger partial charge in [-0.3, -0.25) is 9.48 Å². The van der Waals surface area contributed by atoms with Crippen LogP contribution in [0.1, 0.15) is 51.8 Å². The van der Waals surface area contributed by atoms with Gasteiger partial charge in [-0.05, 0) is 48.8 Å². The molecule has 8 nitrogen and oxygen atoms in total. The first-order valence-electron chi connectivity index (χ1n) is 11.2. The first kappa shape index (κ1) is 19.1. The summed E-state index contributed by atoms with van der Waals surface area (Å²) in [5.74, 6) is 1.51. The van der Waals surface area contributed by atoms with Gasteiger partial charge >= 0.3 is 0 Å². The quantitative estimate of drug-likeness (QED) is 0.675. The minimum atomic E-state index is -0.139. The number of benzene rings is 1. The van der Waals surface area contributed by atoms with E-state index in [0.29, 0.717) is 17.7 Å². The zero-order valence-electron chi connectivity index (χ0n) is 18.0. The Bertz CT molecular complexity index is 1240. The maximum Gasteiger partial charge on any atom is 0.255 e. The van der Waals surface area contributed by atoms with E-state index in [1.807, 2.05) is 17.7 Å². The molecule has 3 atom stereocenters. The number of rotatable bonds is 5. The van der Waals surface area contributed by atoms with Crippen LogP contribution in [-0.4, -0.2) is 38.3 Å². The molecule has 0 spiro atoms. The van der Waals surface area contributed by atoms with Gasteiger partial charge < -0.3 is 14.8 Å². The Balaban J connectivity index is 1.13. The van der Waals surface area contributed by atoms with E-state index in [2.05, 4.69) is 38.5 Å². The van der Waals surface area contributed by atoms with Gasteiger partial charge in [-0.2, -0.15) is 10.4 Å². The van der Waals surface area contributed by atoms with Gasteiger partial charge in [-0.25, -0.2) is 4.98 Å². The minimum absolute atomic E-state index is 0.0515. The van der Waals surface area contributed by atoms with Gasteiger partial charge in [0.15, 0.2) is 0 Å². The number of imidazole rings is 1. The topological polar surface area (TPSA) is 91.8 Å². The van der Waals surface area contributed by atoms with E-state index in [4.69, 9.17) is 0 Å². The van der Waals surface area contributed by atoms with Crippen LogP contribution in [0, 0.1) is 23.2 Å². The zero-order chi connectivity index (χ0) is 21.8. The standard InChI is InChI=1S/C24H25N7O/c1-29-14-26-23-20(3-5-22(23)29)28-24(32)19-9-27-31(13-19)10-15-2-4-21(16(6-15)8-25)30-11-17-7-18(17)12-30/h2,4,6,9,13-14,17-18,20H,3,5,7,10-12H2,1H3,(H,28,32)/t17?,18?,20-/m1/s1. The molecule has 1 saturated carbocycles. The van der Waals surface area contributed by atoms with Crippen molar-refractivity contribution < 1.29 is 4.79 Å². The number of aromatic nitrogens is 4. The number of nitrogens with zero attached hydrogens (tertiary/aromatic N) is 6. The van der Waals surface area contributed by atoms with E-state index >= 15 is 0 Å². The second kappa shape index (κ2) is 7.23. The monoisotopic (exact) mass is 427 g/mol. The molecule has 162 valence electrons. The summed E-state index contributed by atoms with van der Waals surface area (Å²) in [5, 5.41) is 17.1. The number of nitriles is 1. The van der Waals surface area contributed by atoms with Crippen molar-refractivity contribution in [2.75, 3.05) is 18.0 Å². The molecule has 1 aromatic carbocycles. The van der Waals surface area contributed by atoms with Gasteiger partial charge in [0.1, 0.15) is 6.07 Å². The summed E-state index contributed by atoms with van der Waals surface area (Å²) in [7, 11) is 1.98. The SMILES string of the molecule is Cn1cnc2c1CC[C@H]2NC(=O)c1cnn(Cc2ccc(N3CC4CC4C3)c(C#N)c2)c1. The summed E-state index contributed by atoms with van der Waals surface area (Å²) < 4.78 is 3.77. The molecular formula is C24H25N7O. The third-order valence-corrected chi connectivity index (χ3v) is 7.14. The predicted octanol–water partition coefficient (Wildman–Crippen LogP) is 2.41. The lowest BCUT2D eigenvalue weighted by atomic mass is 10.1. The molecule has 0 radical (unpaired) electrons. The number of carbonyl (C=O) groups excluding carboxylic acids is 1. The van der Waals surface area contributed by atoms with Crippen molar-refractivity contribution in [2.24, 2.45) is 18.9 Å². The lowest BCUT2D eigenvalue weighted by Crippen LogP contribution is -2.27. The maximum absolute atomic E-state index is 12.8. The number of nitrogens with one attached hydrogen (secondary N) is 1. The second-order valence-corrected chi connectivity index (χ2v) is 9.30. The summed E-state index contributed by atoms with van der Waals surface area (Å²) in [6.07, 6.45) is 8.29. The van der Waals surface area contributed by atoms with Crippen molar-refractivity contribution in [1.29, 1.82) is 5.26 Å². The fourth-order valence-electron chi connectivity index (χ4n) is 5.27. The van der Waals surface area contributed by atoms with Crippen LogP contribution < -0.4 is 10.2 Å². The largest absolute Gasteiger partial charge is 0.370 e. The average molecular weight is 428 g/mol. The molecule has 0 bridgehead atoms. The fraction of sp³-hybridized carbons (Fsp3) is 0.417. The van der Waals surface area contributed by atoms with Gasteiger partial charge in [-0.1, -0.05) is 6.07 Å². The summed E-state index contributed by atoms with van der Waals surface area (Å²) in [4.78, 5) is 19.5. The Kier molecular flexibility index (Phi) is 4.32. The smallest absolute Gasteiger partial charge is 0.255 e. The molecule has 3 aliphatic rings. The molecule has 3 aromatic rings.